The summed E-state index contributed by atoms with van der Waals surface area (Å²) in [5.41, 5.74) is 0. The second-order valence-electron chi connectivity index (χ2n) is 4.82. The Kier molecular flexibility index (Phi) is 2.40. The van der Waals surface area contributed by atoms with Gasteiger partial charge in [-0.3, -0.25) is 0 Å². The molecule has 1 heterocycles. The first kappa shape index (κ1) is 8.55. The van der Waals surface area contributed by atoms with Crippen molar-refractivity contribution < 1.29 is 0 Å². The van der Waals surface area contributed by atoms with Crippen molar-refractivity contribution in [3.05, 3.63) is 0 Å². The third kappa shape index (κ3) is 1.66. The van der Waals surface area contributed by atoms with Gasteiger partial charge >= 0.3 is 0 Å². The van der Waals surface area contributed by atoms with E-state index in [2.05, 4.69) is 19.2 Å². The van der Waals surface area contributed by atoms with Crippen LogP contribution in [0.4, 0.5) is 0 Å². The minimum Gasteiger partial charge on any atom is -0.317 e. The SMILES string of the molecule is CC1CC1C(C)C1CCNCC1. The van der Waals surface area contributed by atoms with Gasteiger partial charge in [-0.15, -0.1) is 0 Å². The van der Waals surface area contributed by atoms with E-state index in [-0.39, 0.29) is 0 Å². The fourth-order valence-electron chi connectivity index (χ4n) is 2.80. The molecule has 0 bridgehead atoms. The molecule has 1 heteroatoms. The van der Waals surface area contributed by atoms with Crippen molar-refractivity contribution >= 4 is 0 Å². The van der Waals surface area contributed by atoms with E-state index in [1.54, 1.807) is 0 Å². The van der Waals surface area contributed by atoms with E-state index in [1.165, 1.54) is 32.4 Å². The molecule has 0 spiro atoms. The molecule has 3 atom stereocenters. The van der Waals surface area contributed by atoms with Crippen molar-refractivity contribution in [3.63, 3.8) is 0 Å². The highest BCUT2D eigenvalue weighted by Crippen LogP contribution is 2.47. The van der Waals surface area contributed by atoms with Crippen LogP contribution < -0.4 is 5.32 Å². The van der Waals surface area contributed by atoms with Crippen molar-refractivity contribution in [2.24, 2.45) is 23.7 Å². The molecule has 1 saturated heterocycles. The molecule has 2 rings (SSSR count). The third-order valence-electron chi connectivity index (χ3n) is 3.97. The highest BCUT2D eigenvalue weighted by molar-refractivity contribution is 4.90. The summed E-state index contributed by atoms with van der Waals surface area (Å²) in [5.74, 6) is 4.14. The van der Waals surface area contributed by atoms with Gasteiger partial charge < -0.3 is 5.32 Å². The largest absolute Gasteiger partial charge is 0.317 e. The molecule has 1 nitrogen and oxygen atoms in total. The molecule has 0 aromatic carbocycles. The van der Waals surface area contributed by atoms with E-state index in [1.807, 2.05) is 0 Å². The van der Waals surface area contributed by atoms with E-state index >= 15 is 0 Å². The summed E-state index contributed by atoms with van der Waals surface area (Å²) in [4.78, 5) is 0. The number of rotatable bonds is 2. The molecule has 1 aliphatic heterocycles. The average molecular weight is 167 g/mol. The molecule has 1 aliphatic carbocycles. The number of hydrogen-bond acceptors (Lipinski definition) is 1. The summed E-state index contributed by atoms with van der Waals surface area (Å²) in [6.07, 6.45) is 4.35. The van der Waals surface area contributed by atoms with Gasteiger partial charge in [-0.05, 0) is 56.0 Å². The molecule has 0 radical (unpaired) electrons. The predicted octanol–water partition coefficient (Wildman–Crippen LogP) is 2.28. The van der Waals surface area contributed by atoms with Crippen molar-refractivity contribution in [2.45, 2.75) is 33.1 Å². The molecule has 12 heavy (non-hydrogen) atoms. The van der Waals surface area contributed by atoms with Crippen LogP contribution in [0.2, 0.25) is 0 Å². The first-order valence-corrected chi connectivity index (χ1v) is 5.49. The Morgan fingerprint density at radius 3 is 2.33 bits per heavy atom. The average Bonchev–Trinajstić information content (AvgIpc) is 2.83. The Morgan fingerprint density at radius 1 is 1.25 bits per heavy atom. The zero-order valence-corrected chi connectivity index (χ0v) is 8.34. The van der Waals surface area contributed by atoms with Crippen LogP contribution in [0.15, 0.2) is 0 Å². The maximum absolute atomic E-state index is 3.44. The van der Waals surface area contributed by atoms with E-state index in [4.69, 9.17) is 0 Å². The molecule has 2 aliphatic rings. The van der Waals surface area contributed by atoms with Gasteiger partial charge in [0.05, 0.1) is 0 Å². The molecule has 0 aromatic rings. The van der Waals surface area contributed by atoms with Crippen LogP contribution in [0, 0.1) is 23.7 Å². The quantitative estimate of drug-likeness (QED) is 0.665. The predicted molar refractivity (Wildman–Crippen MR) is 52.0 cm³/mol. The summed E-state index contributed by atoms with van der Waals surface area (Å²) < 4.78 is 0. The van der Waals surface area contributed by atoms with Gasteiger partial charge in [-0.1, -0.05) is 13.8 Å². The molecule has 1 saturated carbocycles. The lowest BCUT2D eigenvalue weighted by Gasteiger charge is -2.28. The van der Waals surface area contributed by atoms with E-state index in [9.17, 15) is 0 Å². The second kappa shape index (κ2) is 3.37. The third-order valence-corrected chi connectivity index (χ3v) is 3.97. The summed E-state index contributed by atoms with van der Waals surface area (Å²) in [6, 6.07) is 0. The van der Waals surface area contributed by atoms with Crippen LogP contribution in [0.1, 0.15) is 33.1 Å². The summed E-state index contributed by atoms with van der Waals surface area (Å²) in [7, 11) is 0. The highest BCUT2D eigenvalue weighted by Gasteiger charge is 2.40. The fourth-order valence-corrected chi connectivity index (χ4v) is 2.80. The topological polar surface area (TPSA) is 12.0 Å². The zero-order valence-electron chi connectivity index (χ0n) is 8.34. The van der Waals surface area contributed by atoms with Gasteiger partial charge in [0.25, 0.3) is 0 Å². The van der Waals surface area contributed by atoms with Crippen LogP contribution in [-0.2, 0) is 0 Å². The molecule has 0 amide bonds. The van der Waals surface area contributed by atoms with Crippen molar-refractivity contribution in [2.75, 3.05) is 13.1 Å². The highest BCUT2D eigenvalue weighted by atomic mass is 14.9. The molecule has 1 N–H and O–H groups in total. The Balaban J connectivity index is 1.82. The zero-order chi connectivity index (χ0) is 8.55. The minimum atomic E-state index is 1.00. The Hall–Kier alpha value is -0.0400. The minimum absolute atomic E-state index is 1.00. The molecule has 70 valence electrons. The molecule has 3 unspecified atom stereocenters. The van der Waals surface area contributed by atoms with Crippen molar-refractivity contribution in [1.82, 2.24) is 5.32 Å². The fraction of sp³-hybridized carbons (Fsp3) is 1.00. The molecule has 0 aromatic heterocycles. The lowest BCUT2D eigenvalue weighted by molar-refractivity contribution is 0.245. The van der Waals surface area contributed by atoms with Gasteiger partial charge in [-0.2, -0.15) is 0 Å². The van der Waals surface area contributed by atoms with Crippen LogP contribution in [0.3, 0.4) is 0 Å². The van der Waals surface area contributed by atoms with Gasteiger partial charge in [0.15, 0.2) is 0 Å². The van der Waals surface area contributed by atoms with Crippen LogP contribution in [0.5, 0.6) is 0 Å². The first-order chi connectivity index (χ1) is 5.79. The molecule has 2 fully saturated rings. The van der Waals surface area contributed by atoms with Crippen LogP contribution in [-0.4, -0.2) is 13.1 Å². The lowest BCUT2D eigenvalue weighted by atomic mass is 9.82. The Morgan fingerprint density at radius 2 is 1.83 bits per heavy atom. The van der Waals surface area contributed by atoms with Gasteiger partial charge in [0.2, 0.25) is 0 Å². The first-order valence-electron chi connectivity index (χ1n) is 5.49. The molecular weight excluding hydrogens is 146 g/mol. The van der Waals surface area contributed by atoms with Crippen LogP contribution >= 0.6 is 0 Å². The van der Waals surface area contributed by atoms with Gasteiger partial charge in [-0.25, -0.2) is 0 Å². The smallest absolute Gasteiger partial charge is 0.00462 e. The van der Waals surface area contributed by atoms with Crippen LogP contribution in [0.25, 0.3) is 0 Å². The second-order valence-corrected chi connectivity index (χ2v) is 4.82. The normalized spacial score (nSPS) is 39.5. The summed E-state index contributed by atoms with van der Waals surface area (Å²) >= 11 is 0. The van der Waals surface area contributed by atoms with Gasteiger partial charge in [0.1, 0.15) is 0 Å². The van der Waals surface area contributed by atoms with Crippen molar-refractivity contribution in [3.8, 4) is 0 Å². The number of nitrogens with one attached hydrogen (secondary N) is 1. The monoisotopic (exact) mass is 167 g/mol. The summed E-state index contributed by atoms with van der Waals surface area (Å²) in [6.45, 7) is 7.40. The van der Waals surface area contributed by atoms with E-state index in [0.717, 1.165) is 23.7 Å². The van der Waals surface area contributed by atoms with E-state index in [0.29, 0.717) is 0 Å². The maximum atomic E-state index is 3.44. The number of hydrogen-bond donors (Lipinski definition) is 1. The molecular formula is C11H21N. The van der Waals surface area contributed by atoms with Crippen molar-refractivity contribution in [1.29, 1.82) is 0 Å². The van der Waals surface area contributed by atoms with Gasteiger partial charge in [0, 0.05) is 0 Å². The summed E-state index contributed by atoms with van der Waals surface area (Å²) in [5, 5.41) is 3.44. The Bertz CT molecular complexity index is 149. The Labute approximate surface area is 75.9 Å². The van der Waals surface area contributed by atoms with E-state index < -0.39 is 0 Å². The number of piperidine rings is 1. The maximum Gasteiger partial charge on any atom is -0.00462 e. The standard InChI is InChI=1S/C11H21N/c1-8-7-11(8)9(2)10-3-5-12-6-4-10/h8-12H,3-7H2,1-2H3. The lowest BCUT2D eigenvalue weighted by Crippen LogP contribution is -2.31.